The van der Waals surface area contributed by atoms with E-state index in [1.54, 1.807) is 0 Å². The van der Waals surface area contributed by atoms with Crippen LogP contribution in [-0.2, 0) is 6.54 Å². The molecule has 3 N–H and O–H groups in total. The van der Waals surface area contributed by atoms with Crippen LogP contribution in [0.4, 0.5) is 5.95 Å². The van der Waals surface area contributed by atoms with Crippen molar-refractivity contribution in [3.05, 3.63) is 10.5 Å². The summed E-state index contributed by atoms with van der Waals surface area (Å²) in [6.45, 7) is 4.64. The predicted molar refractivity (Wildman–Crippen MR) is 42.1 cm³/mol. The maximum Gasteiger partial charge on any atom is 0.344 e. The summed E-state index contributed by atoms with van der Waals surface area (Å²) >= 11 is 0. The predicted octanol–water partition coefficient (Wildman–Crippen LogP) is -0.190. The van der Waals surface area contributed by atoms with Gasteiger partial charge in [0.05, 0.1) is 0 Å². The molecule has 0 aliphatic rings. The lowest BCUT2D eigenvalue weighted by molar-refractivity contribution is 0.516. The molecule has 0 fully saturated rings. The Hall–Kier alpha value is -1.26. The fourth-order valence-corrected chi connectivity index (χ4v) is 0.871. The molecule has 1 rings (SSSR count). The number of aromatic amines is 1. The summed E-state index contributed by atoms with van der Waals surface area (Å²) in [5.41, 5.74) is 5.17. The lowest BCUT2D eigenvalue weighted by Crippen LogP contribution is -2.20. The minimum Gasteiger partial charge on any atom is -0.368 e. The summed E-state index contributed by atoms with van der Waals surface area (Å²) in [5.74, 6) is 0.649. The zero-order chi connectivity index (χ0) is 8.43. The first-order chi connectivity index (χ1) is 5.11. The minimum atomic E-state index is -0.240. The smallest absolute Gasteiger partial charge is 0.344 e. The molecule has 0 saturated heterocycles. The Morgan fingerprint density at radius 3 is 2.73 bits per heavy atom. The van der Waals surface area contributed by atoms with Gasteiger partial charge in [-0.25, -0.2) is 9.89 Å². The van der Waals surface area contributed by atoms with Crippen LogP contribution in [0.1, 0.15) is 13.8 Å². The third kappa shape index (κ3) is 1.60. The third-order valence-corrected chi connectivity index (χ3v) is 1.34. The molecule has 0 unspecified atom stereocenters. The summed E-state index contributed by atoms with van der Waals surface area (Å²) < 4.78 is 1.42. The van der Waals surface area contributed by atoms with E-state index in [9.17, 15) is 4.79 Å². The molecule has 11 heavy (non-hydrogen) atoms. The highest BCUT2D eigenvalue weighted by molar-refractivity contribution is 5.12. The number of nitrogens with zero attached hydrogens (tertiary/aromatic N) is 2. The standard InChI is InChI=1S/C6H12N4O/c1-4(2)3-10-5(7)8-9-6(10)11/h4H,3H2,1-2H3,(H2,7,8)(H,9,11). The summed E-state index contributed by atoms with van der Waals surface area (Å²) in [7, 11) is 0. The van der Waals surface area contributed by atoms with E-state index in [-0.39, 0.29) is 11.6 Å². The lowest BCUT2D eigenvalue weighted by Gasteiger charge is -2.04. The molecular weight excluding hydrogens is 144 g/mol. The molecule has 0 aromatic carbocycles. The molecule has 62 valence electrons. The molecule has 0 amide bonds. The summed E-state index contributed by atoms with van der Waals surface area (Å²) in [6, 6.07) is 0. The Bertz CT molecular complexity index is 285. The summed E-state index contributed by atoms with van der Waals surface area (Å²) in [5, 5.41) is 5.85. The number of anilines is 1. The average Bonchev–Trinajstić information content (AvgIpc) is 2.18. The Balaban J connectivity index is 2.92. The first-order valence-electron chi connectivity index (χ1n) is 3.52. The van der Waals surface area contributed by atoms with Crippen LogP contribution >= 0.6 is 0 Å². The van der Waals surface area contributed by atoms with E-state index in [1.165, 1.54) is 4.57 Å². The monoisotopic (exact) mass is 156 g/mol. The molecule has 0 spiro atoms. The Morgan fingerprint density at radius 2 is 2.36 bits per heavy atom. The molecular formula is C6H12N4O. The molecule has 0 aliphatic carbocycles. The summed E-state index contributed by atoms with van der Waals surface area (Å²) in [6.07, 6.45) is 0. The van der Waals surface area contributed by atoms with E-state index in [0.29, 0.717) is 12.5 Å². The maximum absolute atomic E-state index is 10.9. The molecule has 1 aromatic rings. The van der Waals surface area contributed by atoms with E-state index in [0.717, 1.165) is 0 Å². The van der Waals surface area contributed by atoms with E-state index >= 15 is 0 Å². The van der Waals surface area contributed by atoms with E-state index < -0.39 is 0 Å². The van der Waals surface area contributed by atoms with Gasteiger partial charge in [-0.3, -0.25) is 4.57 Å². The van der Waals surface area contributed by atoms with Gasteiger partial charge in [0.1, 0.15) is 0 Å². The van der Waals surface area contributed by atoms with Gasteiger partial charge in [0.25, 0.3) is 0 Å². The van der Waals surface area contributed by atoms with Gasteiger partial charge in [-0.05, 0) is 5.92 Å². The zero-order valence-corrected chi connectivity index (χ0v) is 6.66. The van der Waals surface area contributed by atoms with Crippen molar-refractivity contribution in [2.75, 3.05) is 5.73 Å². The van der Waals surface area contributed by atoms with Crippen molar-refractivity contribution in [2.24, 2.45) is 5.92 Å². The fourth-order valence-electron chi connectivity index (χ4n) is 0.871. The number of hydrogen-bond acceptors (Lipinski definition) is 3. The maximum atomic E-state index is 10.9. The van der Waals surface area contributed by atoms with Crippen molar-refractivity contribution in [1.29, 1.82) is 0 Å². The van der Waals surface area contributed by atoms with Gasteiger partial charge in [-0.1, -0.05) is 13.8 Å². The molecule has 1 aromatic heterocycles. The van der Waals surface area contributed by atoms with Crippen molar-refractivity contribution in [2.45, 2.75) is 20.4 Å². The number of H-pyrrole nitrogens is 1. The Morgan fingerprint density at radius 1 is 1.73 bits per heavy atom. The number of nitrogen functional groups attached to an aromatic ring is 1. The second-order valence-electron chi connectivity index (χ2n) is 2.89. The van der Waals surface area contributed by atoms with Crippen LogP contribution in [0, 0.1) is 5.92 Å². The lowest BCUT2D eigenvalue weighted by atomic mass is 10.2. The molecule has 1 heterocycles. The van der Waals surface area contributed by atoms with Crippen molar-refractivity contribution in [3.63, 3.8) is 0 Å². The number of nitrogens with two attached hydrogens (primary N) is 1. The van der Waals surface area contributed by atoms with Gasteiger partial charge in [0.15, 0.2) is 0 Å². The van der Waals surface area contributed by atoms with Crippen LogP contribution in [0.15, 0.2) is 4.79 Å². The van der Waals surface area contributed by atoms with E-state index in [2.05, 4.69) is 10.2 Å². The van der Waals surface area contributed by atoms with Gasteiger partial charge in [-0.15, -0.1) is 5.10 Å². The Labute approximate surface area is 64.2 Å². The van der Waals surface area contributed by atoms with Crippen molar-refractivity contribution in [3.8, 4) is 0 Å². The van der Waals surface area contributed by atoms with Gasteiger partial charge < -0.3 is 5.73 Å². The quantitative estimate of drug-likeness (QED) is 0.623. The van der Waals surface area contributed by atoms with Crippen molar-refractivity contribution >= 4 is 5.95 Å². The molecule has 0 atom stereocenters. The third-order valence-electron chi connectivity index (χ3n) is 1.34. The first kappa shape index (κ1) is 7.84. The largest absolute Gasteiger partial charge is 0.368 e. The van der Waals surface area contributed by atoms with E-state index in [4.69, 9.17) is 5.73 Å². The van der Waals surface area contributed by atoms with Crippen LogP contribution in [0.5, 0.6) is 0 Å². The molecule has 5 nitrogen and oxygen atoms in total. The van der Waals surface area contributed by atoms with Crippen LogP contribution < -0.4 is 11.4 Å². The van der Waals surface area contributed by atoms with Crippen molar-refractivity contribution in [1.82, 2.24) is 14.8 Å². The number of rotatable bonds is 2. The SMILES string of the molecule is CC(C)Cn1c(N)n[nH]c1=O. The highest BCUT2D eigenvalue weighted by Gasteiger charge is 2.04. The van der Waals surface area contributed by atoms with Gasteiger partial charge >= 0.3 is 5.69 Å². The topological polar surface area (TPSA) is 76.7 Å². The van der Waals surface area contributed by atoms with Gasteiger partial charge in [0.2, 0.25) is 5.95 Å². The van der Waals surface area contributed by atoms with Crippen LogP contribution in [-0.4, -0.2) is 14.8 Å². The number of hydrogen-bond donors (Lipinski definition) is 2. The second kappa shape index (κ2) is 2.77. The molecule has 0 bridgehead atoms. The highest BCUT2D eigenvalue weighted by atomic mass is 16.1. The van der Waals surface area contributed by atoms with Crippen molar-refractivity contribution < 1.29 is 0 Å². The zero-order valence-electron chi connectivity index (χ0n) is 6.66. The fraction of sp³-hybridized carbons (Fsp3) is 0.667. The average molecular weight is 156 g/mol. The highest BCUT2D eigenvalue weighted by Crippen LogP contribution is 1.98. The number of nitrogens with one attached hydrogen (secondary N) is 1. The Kier molecular flexibility index (Phi) is 1.98. The molecule has 0 aliphatic heterocycles. The second-order valence-corrected chi connectivity index (χ2v) is 2.89. The first-order valence-corrected chi connectivity index (χ1v) is 3.52. The van der Waals surface area contributed by atoms with E-state index in [1.807, 2.05) is 13.8 Å². The van der Waals surface area contributed by atoms with Gasteiger partial charge in [-0.2, -0.15) is 0 Å². The van der Waals surface area contributed by atoms with Crippen LogP contribution in [0.2, 0.25) is 0 Å². The van der Waals surface area contributed by atoms with Gasteiger partial charge in [0, 0.05) is 6.54 Å². The summed E-state index contributed by atoms with van der Waals surface area (Å²) in [4.78, 5) is 10.9. The minimum absolute atomic E-state index is 0.240. The molecule has 0 radical (unpaired) electrons. The van der Waals surface area contributed by atoms with Crippen LogP contribution in [0.3, 0.4) is 0 Å². The molecule has 5 heteroatoms. The van der Waals surface area contributed by atoms with Crippen LogP contribution in [0.25, 0.3) is 0 Å². The number of aromatic nitrogens is 3. The molecule has 0 saturated carbocycles. The normalized spacial score (nSPS) is 10.8.